The summed E-state index contributed by atoms with van der Waals surface area (Å²) in [6.07, 6.45) is 32.3. The monoisotopic (exact) mass is 466 g/mol. The number of hydrogen-bond donors (Lipinski definition) is 0. The first-order valence-corrected chi connectivity index (χ1v) is 14.9. The van der Waals surface area contributed by atoms with Crippen LogP contribution in [0.5, 0.6) is 0 Å². The third-order valence-electron chi connectivity index (χ3n) is 6.97. The summed E-state index contributed by atoms with van der Waals surface area (Å²) in [5.74, 6) is 0. The van der Waals surface area contributed by atoms with Gasteiger partial charge in [0.15, 0.2) is 0 Å². The normalized spacial score (nSPS) is 10.9. The predicted octanol–water partition coefficient (Wildman–Crippen LogP) is 11.7. The van der Waals surface area contributed by atoms with Crippen LogP contribution in [0.3, 0.4) is 0 Å². The van der Waals surface area contributed by atoms with E-state index in [1.54, 1.807) is 0 Å². The smallest absolute Gasteiger partial charge is 0.0279 e. The van der Waals surface area contributed by atoms with Crippen LogP contribution >= 0.6 is 0 Å². The Kier molecular flexibility index (Phi) is 20.0. The molecule has 0 N–H and O–H groups in total. The van der Waals surface area contributed by atoms with Gasteiger partial charge in [-0.1, -0.05) is 125 Å². The highest BCUT2D eigenvalue weighted by Gasteiger charge is 1.98. The zero-order valence-electron chi connectivity index (χ0n) is 23.6. The Labute approximate surface area is 214 Å². The second kappa shape index (κ2) is 22.2. The summed E-state index contributed by atoms with van der Waals surface area (Å²) in [6.45, 7) is 8.81. The van der Waals surface area contributed by atoms with Gasteiger partial charge >= 0.3 is 0 Å². The lowest BCUT2D eigenvalue weighted by molar-refractivity contribution is 0.568. The van der Waals surface area contributed by atoms with Gasteiger partial charge in [0.05, 0.1) is 0 Å². The molecule has 0 heterocycles. The third-order valence-corrected chi connectivity index (χ3v) is 6.97. The lowest BCUT2D eigenvalue weighted by Gasteiger charge is -2.06. The van der Waals surface area contributed by atoms with E-state index in [0.717, 1.165) is 0 Å². The molecule has 1 aromatic carbocycles. The average molecular weight is 467 g/mol. The van der Waals surface area contributed by atoms with Crippen molar-refractivity contribution in [1.29, 1.82) is 0 Å². The van der Waals surface area contributed by atoms with Crippen molar-refractivity contribution in [1.82, 2.24) is 0 Å². The zero-order chi connectivity index (χ0) is 24.7. The van der Waals surface area contributed by atoms with Crippen molar-refractivity contribution in [3.63, 3.8) is 0 Å². The standard InChI is InChI=1S/C34H58/c1-31(2)23-19-15-11-7-5-9-13-17-21-25-33-27-29-34(30-28-33)26-22-18-14-10-6-8-12-16-20-24-32(3)4/h23-24,27-30H,5-22,25-26H2,1-4H3. The molecule has 0 saturated heterocycles. The highest BCUT2D eigenvalue weighted by Crippen LogP contribution is 2.15. The molecule has 0 atom stereocenters. The molecule has 1 rings (SSSR count). The minimum atomic E-state index is 1.26. The van der Waals surface area contributed by atoms with Crippen LogP contribution in [0, 0.1) is 0 Å². The first kappa shape index (κ1) is 30.7. The van der Waals surface area contributed by atoms with E-state index in [1.165, 1.54) is 151 Å². The van der Waals surface area contributed by atoms with E-state index in [4.69, 9.17) is 0 Å². The number of rotatable bonds is 22. The van der Waals surface area contributed by atoms with Crippen LogP contribution in [0.25, 0.3) is 0 Å². The molecule has 0 spiro atoms. The van der Waals surface area contributed by atoms with Crippen molar-refractivity contribution in [3.8, 4) is 0 Å². The Balaban J connectivity index is 1.91. The maximum Gasteiger partial charge on any atom is -0.0279 e. The van der Waals surface area contributed by atoms with Gasteiger partial charge in [-0.3, -0.25) is 0 Å². The van der Waals surface area contributed by atoms with Crippen molar-refractivity contribution in [2.45, 2.75) is 156 Å². The molecule has 1 aromatic rings. The Bertz CT molecular complexity index is 566. The molecule has 0 aliphatic carbocycles. The highest BCUT2D eigenvalue weighted by molar-refractivity contribution is 5.22. The molecular weight excluding hydrogens is 408 g/mol. The molecule has 0 radical (unpaired) electrons. The molecule has 0 amide bonds. The summed E-state index contributed by atoms with van der Waals surface area (Å²) in [4.78, 5) is 0. The van der Waals surface area contributed by atoms with Crippen LogP contribution in [0.15, 0.2) is 47.6 Å². The van der Waals surface area contributed by atoms with Crippen LogP contribution in [0.1, 0.15) is 154 Å². The van der Waals surface area contributed by atoms with Gasteiger partial charge in [-0.15, -0.1) is 0 Å². The van der Waals surface area contributed by atoms with Crippen molar-refractivity contribution in [2.24, 2.45) is 0 Å². The molecule has 0 aliphatic rings. The second-order valence-corrected chi connectivity index (χ2v) is 11.1. The van der Waals surface area contributed by atoms with Gasteiger partial charge in [-0.2, -0.15) is 0 Å². The van der Waals surface area contributed by atoms with Crippen LogP contribution in [0.4, 0.5) is 0 Å². The Morgan fingerprint density at radius 3 is 0.971 bits per heavy atom. The van der Waals surface area contributed by atoms with E-state index in [2.05, 4.69) is 64.1 Å². The van der Waals surface area contributed by atoms with E-state index in [9.17, 15) is 0 Å². The molecule has 0 heteroatoms. The van der Waals surface area contributed by atoms with Crippen molar-refractivity contribution in [3.05, 3.63) is 58.7 Å². The average Bonchev–Trinajstić information content (AvgIpc) is 2.81. The van der Waals surface area contributed by atoms with E-state index in [-0.39, 0.29) is 0 Å². The lowest BCUT2D eigenvalue weighted by Crippen LogP contribution is -1.90. The highest BCUT2D eigenvalue weighted by atomic mass is 14.0. The van der Waals surface area contributed by atoms with E-state index >= 15 is 0 Å². The van der Waals surface area contributed by atoms with Crippen molar-refractivity contribution in [2.75, 3.05) is 0 Å². The summed E-state index contributed by atoms with van der Waals surface area (Å²) < 4.78 is 0. The molecule has 194 valence electrons. The molecule has 0 bridgehead atoms. The number of unbranched alkanes of at least 4 members (excludes halogenated alkanes) is 16. The molecule has 34 heavy (non-hydrogen) atoms. The maximum absolute atomic E-state index is 2.39. The van der Waals surface area contributed by atoms with Gasteiger partial charge in [0, 0.05) is 0 Å². The molecule has 0 saturated carbocycles. The molecule has 0 fully saturated rings. The topological polar surface area (TPSA) is 0 Å². The molecule has 0 aromatic heterocycles. The van der Waals surface area contributed by atoms with Gasteiger partial charge in [0.25, 0.3) is 0 Å². The lowest BCUT2D eigenvalue weighted by atomic mass is 10.0. The number of allylic oxidation sites excluding steroid dienone is 4. The molecule has 0 nitrogen and oxygen atoms in total. The summed E-state index contributed by atoms with van der Waals surface area (Å²) in [5, 5.41) is 0. The summed E-state index contributed by atoms with van der Waals surface area (Å²) >= 11 is 0. The largest absolute Gasteiger partial charge is 0.0859 e. The summed E-state index contributed by atoms with van der Waals surface area (Å²) in [5.41, 5.74) is 6.00. The Morgan fingerprint density at radius 1 is 0.412 bits per heavy atom. The molecular formula is C34H58. The van der Waals surface area contributed by atoms with E-state index < -0.39 is 0 Å². The summed E-state index contributed by atoms with van der Waals surface area (Å²) in [7, 11) is 0. The second-order valence-electron chi connectivity index (χ2n) is 11.1. The Morgan fingerprint density at radius 2 is 0.676 bits per heavy atom. The van der Waals surface area contributed by atoms with Gasteiger partial charge in [-0.05, 0) is 90.2 Å². The fourth-order valence-corrected chi connectivity index (χ4v) is 4.72. The van der Waals surface area contributed by atoms with E-state index in [0.29, 0.717) is 0 Å². The van der Waals surface area contributed by atoms with Gasteiger partial charge in [-0.25, -0.2) is 0 Å². The first-order valence-electron chi connectivity index (χ1n) is 14.9. The first-order chi connectivity index (χ1) is 16.6. The number of aryl methyl sites for hydroxylation is 2. The van der Waals surface area contributed by atoms with Crippen LogP contribution in [-0.2, 0) is 12.8 Å². The fraction of sp³-hybridized carbons (Fsp3) is 0.706. The number of hydrogen-bond acceptors (Lipinski definition) is 0. The maximum atomic E-state index is 2.39. The fourth-order valence-electron chi connectivity index (χ4n) is 4.72. The molecule has 0 unspecified atom stereocenters. The van der Waals surface area contributed by atoms with E-state index in [1.807, 2.05) is 0 Å². The minimum Gasteiger partial charge on any atom is -0.0859 e. The third kappa shape index (κ3) is 20.1. The van der Waals surface area contributed by atoms with Crippen LogP contribution in [-0.4, -0.2) is 0 Å². The number of benzene rings is 1. The van der Waals surface area contributed by atoms with Crippen molar-refractivity contribution >= 4 is 0 Å². The predicted molar refractivity (Wildman–Crippen MR) is 156 cm³/mol. The van der Waals surface area contributed by atoms with Gasteiger partial charge < -0.3 is 0 Å². The Hall–Kier alpha value is -1.30. The summed E-state index contributed by atoms with van der Waals surface area (Å²) in [6, 6.07) is 9.54. The van der Waals surface area contributed by atoms with Crippen molar-refractivity contribution < 1.29 is 0 Å². The SMILES string of the molecule is CC(C)=CCCCCCCCCCCc1ccc(CCCCCCCCCCC=C(C)C)cc1. The zero-order valence-corrected chi connectivity index (χ0v) is 23.6. The van der Waals surface area contributed by atoms with Crippen LogP contribution in [0.2, 0.25) is 0 Å². The minimum absolute atomic E-state index is 1.26. The van der Waals surface area contributed by atoms with Gasteiger partial charge in [0.1, 0.15) is 0 Å². The quantitative estimate of drug-likeness (QED) is 0.118. The molecule has 0 aliphatic heterocycles. The van der Waals surface area contributed by atoms with Crippen LogP contribution < -0.4 is 0 Å². The van der Waals surface area contributed by atoms with Gasteiger partial charge in [0.2, 0.25) is 0 Å².